The van der Waals surface area contributed by atoms with E-state index in [2.05, 4.69) is 9.97 Å². The summed E-state index contributed by atoms with van der Waals surface area (Å²) in [5, 5.41) is 7.00. The molecule has 2 aromatic rings. The van der Waals surface area contributed by atoms with Gasteiger partial charge in [0.25, 0.3) is 0 Å². The summed E-state index contributed by atoms with van der Waals surface area (Å²) in [6.07, 6.45) is -2.91. The quantitative estimate of drug-likeness (QED) is 0.733. The highest BCUT2D eigenvalue weighted by molar-refractivity contribution is 5.79. The Kier molecular flexibility index (Phi) is 3.54. The lowest BCUT2D eigenvalue weighted by Gasteiger charge is -2.07. The first-order valence-electron chi connectivity index (χ1n) is 4.44. The Morgan fingerprint density at radius 3 is 2.44 bits per heavy atom. The van der Waals surface area contributed by atoms with Crippen molar-refractivity contribution in [3.05, 3.63) is 29.6 Å². The summed E-state index contributed by atoms with van der Waals surface area (Å²) < 4.78 is 37.1. The maximum absolute atomic E-state index is 12.4. The van der Waals surface area contributed by atoms with E-state index in [1.165, 1.54) is 6.33 Å². The molecule has 0 aliphatic carbocycles. The Hall–Kier alpha value is -1.56. The van der Waals surface area contributed by atoms with Crippen LogP contribution in [0.15, 0.2) is 18.5 Å². The maximum Gasteiger partial charge on any atom is 0.416 e. The molecule has 1 aromatic carbocycles. The van der Waals surface area contributed by atoms with E-state index >= 15 is 0 Å². The van der Waals surface area contributed by atoms with Gasteiger partial charge in [0.05, 0.1) is 22.9 Å². The third-order valence-corrected chi connectivity index (χ3v) is 2.04. The molecule has 0 saturated carbocycles. The van der Waals surface area contributed by atoms with E-state index in [9.17, 15) is 13.2 Å². The van der Waals surface area contributed by atoms with Gasteiger partial charge in [0, 0.05) is 7.11 Å². The van der Waals surface area contributed by atoms with Crippen LogP contribution < -0.4 is 0 Å². The molecular formula is C10H11F3N2O. The first-order chi connectivity index (χ1) is 7.48. The number of halogens is 3. The molecule has 3 nitrogen and oxygen atoms in total. The number of aromatic amines is 1. The minimum atomic E-state index is -4.30. The van der Waals surface area contributed by atoms with Crippen molar-refractivity contribution >= 4 is 11.0 Å². The number of rotatable bonds is 0. The number of aryl methyl sites for hydroxylation is 1. The van der Waals surface area contributed by atoms with Crippen molar-refractivity contribution in [2.75, 3.05) is 7.11 Å². The van der Waals surface area contributed by atoms with Gasteiger partial charge in [0.15, 0.2) is 0 Å². The highest BCUT2D eigenvalue weighted by Crippen LogP contribution is 2.31. The number of benzene rings is 1. The van der Waals surface area contributed by atoms with Crippen LogP contribution in [0, 0.1) is 6.92 Å². The van der Waals surface area contributed by atoms with Gasteiger partial charge < -0.3 is 10.1 Å². The largest absolute Gasteiger partial charge is 0.416 e. The van der Waals surface area contributed by atoms with Crippen LogP contribution in [0.4, 0.5) is 13.2 Å². The first-order valence-corrected chi connectivity index (χ1v) is 4.44. The van der Waals surface area contributed by atoms with E-state index in [0.29, 0.717) is 16.6 Å². The van der Waals surface area contributed by atoms with E-state index < -0.39 is 11.7 Å². The number of imidazole rings is 1. The predicted octanol–water partition coefficient (Wildman–Crippen LogP) is 2.50. The Bertz CT molecular complexity index is 476. The minimum absolute atomic E-state index is 0.414. The molecular weight excluding hydrogens is 221 g/mol. The molecule has 0 atom stereocenters. The molecule has 0 fully saturated rings. The SMILES string of the molecule is CO.Cc1cc(C(F)(F)F)cc2[nH]cnc12. The molecule has 0 amide bonds. The van der Waals surface area contributed by atoms with Gasteiger partial charge in [-0.25, -0.2) is 4.98 Å². The van der Waals surface area contributed by atoms with E-state index in [0.717, 1.165) is 19.2 Å². The molecule has 6 heteroatoms. The molecule has 1 aromatic heterocycles. The Morgan fingerprint density at radius 1 is 1.25 bits per heavy atom. The molecule has 16 heavy (non-hydrogen) atoms. The van der Waals surface area contributed by atoms with Crippen molar-refractivity contribution in [1.82, 2.24) is 9.97 Å². The third kappa shape index (κ3) is 2.33. The number of nitrogens with one attached hydrogen (secondary N) is 1. The zero-order valence-corrected chi connectivity index (χ0v) is 8.76. The number of aliphatic hydroxyl groups is 1. The third-order valence-electron chi connectivity index (χ3n) is 2.04. The number of aromatic nitrogens is 2. The Labute approximate surface area is 89.9 Å². The zero-order valence-electron chi connectivity index (χ0n) is 8.76. The fourth-order valence-corrected chi connectivity index (χ4v) is 1.39. The van der Waals surface area contributed by atoms with Gasteiger partial charge in [-0.3, -0.25) is 0 Å². The fourth-order valence-electron chi connectivity index (χ4n) is 1.39. The first kappa shape index (κ1) is 12.5. The molecule has 0 radical (unpaired) electrons. The number of hydrogen-bond donors (Lipinski definition) is 2. The monoisotopic (exact) mass is 232 g/mol. The highest BCUT2D eigenvalue weighted by Gasteiger charge is 2.31. The van der Waals surface area contributed by atoms with E-state index in [1.54, 1.807) is 6.92 Å². The molecule has 0 spiro atoms. The summed E-state index contributed by atoms with van der Waals surface area (Å²) in [6, 6.07) is 2.17. The molecule has 0 aliphatic rings. The summed E-state index contributed by atoms with van der Waals surface area (Å²) in [5.41, 5.74) is 0.873. The van der Waals surface area contributed by atoms with Gasteiger partial charge in [-0.15, -0.1) is 0 Å². The van der Waals surface area contributed by atoms with Crippen LogP contribution >= 0.6 is 0 Å². The molecule has 1 heterocycles. The van der Waals surface area contributed by atoms with Crippen molar-refractivity contribution in [3.63, 3.8) is 0 Å². The topological polar surface area (TPSA) is 48.9 Å². The Balaban J connectivity index is 0.000000606. The van der Waals surface area contributed by atoms with Crippen molar-refractivity contribution in [3.8, 4) is 0 Å². The second-order valence-electron chi connectivity index (χ2n) is 3.09. The van der Waals surface area contributed by atoms with Crippen molar-refractivity contribution < 1.29 is 18.3 Å². The molecule has 0 aliphatic heterocycles. The number of hydrogen-bond acceptors (Lipinski definition) is 2. The molecule has 88 valence electrons. The number of aliphatic hydroxyl groups excluding tert-OH is 1. The minimum Gasteiger partial charge on any atom is -0.400 e. The molecule has 0 unspecified atom stereocenters. The second-order valence-corrected chi connectivity index (χ2v) is 3.09. The van der Waals surface area contributed by atoms with Crippen LogP contribution in [0.25, 0.3) is 11.0 Å². The van der Waals surface area contributed by atoms with Gasteiger partial charge in [0.1, 0.15) is 0 Å². The highest BCUT2D eigenvalue weighted by atomic mass is 19.4. The summed E-state index contributed by atoms with van der Waals surface area (Å²) in [5.74, 6) is 0. The van der Waals surface area contributed by atoms with Gasteiger partial charge in [0.2, 0.25) is 0 Å². The standard InChI is InChI=1S/C9H7F3N2.CH4O/c1-5-2-6(9(10,11)12)3-7-8(5)14-4-13-7;1-2/h2-4H,1H3,(H,13,14);2H,1H3. The van der Waals surface area contributed by atoms with Gasteiger partial charge >= 0.3 is 6.18 Å². The van der Waals surface area contributed by atoms with Gasteiger partial charge in [-0.1, -0.05) is 0 Å². The average Bonchev–Trinajstić information content (AvgIpc) is 2.68. The van der Waals surface area contributed by atoms with Gasteiger partial charge in [-0.05, 0) is 24.6 Å². The second kappa shape index (κ2) is 4.52. The summed E-state index contributed by atoms with van der Waals surface area (Å²) in [6.45, 7) is 1.61. The van der Waals surface area contributed by atoms with Crippen molar-refractivity contribution in [2.24, 2.45) is 0 Å². The van der Waals surface area contributed by atoms with Crippen LogP contribution in [0.1, 0.15) is 11.1 Å². The van der Waals surface area contributed by atoms with Crippen LogP contribution in [-0.4, -0.2) is 22.2 Å². The van der Waals surface area contributed by atoms with E-state index in [1.807, 2.05) is 0 Å². The van der Waals surface area contributed by atoms with Gasteiger partial charge in [-0.2, -0.15) is 13.2 Å². The number of H-pyrrole nitrogens is 1. The lowest BCUT2D eigenvalue weighted by molar-refractivity contribution is -0.137. The lowest BCUT2D eigenvalue weighted by Crippen LogP contribution is -2.05. The maximum atomic E-state index is 12.4. The summed E-state index contributed by atoms with van der Waals surface area (Å²) in [4.78, 5) is 6.58. The van der Waals surface area contributed by atoms with Crippen molar-refractivity contribution in [2.45, 2.75) is 13.1 Å². The van der Waals surface area contributed by atoms with Crippen LogP contribution in [-0.2, 0) is 6.18 Å². The smallest absolute Gasteiger partial charge is 0.400 e. The van der Waals surface area contributed by atoms with Crippen LogP contribution in [0.3, 0.4) is 0 Å². The van der Waals surface area contributed by atoms with Crippen LogP contribution in [0.5, 0.6) is 0 Å². The summed E-state index contributed by atoms with van der Waals surface area (Å²) in [7, 11) is 1.00. The van der Waals surface area contributed by atoms with Crippen molar-refractivity contribution in [1.29, 1.82) is 0 Å². The molecule has 2 N–H and O–H groups in total. The van der Waals surface area contributed by atoms with Crippen LogP contribution in [0.2, 0.25) is 0 Å². The summed E-state index contributed by atoms with van der Waals surface area (Å²) >= 11 is 0. The average molecular weight is 232 g/mol. The number of alkyl halides is 3. The molecule has 0 saturated heterocycles. The number of fused-ring (bicyclic) bond motifs is 1. The number of nitrogens with zero attached hydrogens (tertiary/aromatic N) is 1. The molecule has 2 rings (SSSR count). The molecule has 0 bridgehead atoms. The Morgan fingerprint density at radius 2 is 1.88 bits per heavy atom. The fraction of sp³-hybridized carbons (Fsp3) is 0.300. The normalized spacial score (nSPS) is 11.1. The van der Waals surface area contributed by atoms with E-state index in [-0.39, 0.29) is 0 Å². The lowest BCUT2D eigenvalue weighted by atomic mass is 10.1. The predicted molar refractivity (Wildman–Crippen MR) is 54.0 cm³/mol. The van der Waals surface area contributed by atoms with E-state index in [4.69, 9.17) is 5.11 Å². The zero-order chi connectivity index (χ0) is 12.3.